The van der Waals surface area contributed by atoms with Crippen molar-refractivity contribution in [3.8, 4) is 0 Å². The maximum atomic E-state index is 12.5. The summed E-state index contributed by atoms with van der Waals surface area (Å²) in [4.78, 5) is 21.4. The van der Waals surface area contributed by atoms with E-state index in [2.05, 4.69) is 0 Å². The highest BCUT2D eigenvalue weighted by Gasteiger charge is 2.49. The first-order valence-corrected chi connectivity index (χ1v) is 5.81. The Bertz CT molecular complexity index is 288. The van der Waals surface area contributed by atoms with Crippen molar-refractivity contribution < 1.29 is 32.3 Å². The summed E-state index contributed by atoms with van der Waals surface area (Å²) >= 11 is 1.24. The number of halogens is 4. The van der Waals surface area contributed by atoms with Crippen molar-refractivity contribution in [2.45, 2.75) is 24.8 Å². The molecule has 0 spiro atoms. The predicted octanol–water partition coefficient (Wildman–Crippen LogP) is 1.21. The van der Waals surface area contributed by atoms with E-state index in [1.165, 1.54) is 17.1 Å². The minimum Gasteiger partial charge on any atom is -0.480 e. The highest BCUT2D eigenvalue weighted by Crippen LogP contribution is 2.23. The van der Waals surface area contributed by atoms with Crippen LogP contribution in [0.2, 0.25) is 0 Å². The number of hydrogen-bond donors (Lipinski definition) is 2. The molecule has 0 saturated heterocycles. The van der Waals surface area contributed by atoms with Gasteiger partial charge in [0.1, 0.15) is 6.04 Å². The van der Waals surface area contributed by atoms with Gasteiger partial charge in [0.2, 0.25) is 0 Å². The molecule has 0 rings (SSSR count). The second kappa shape index (κ2) is 6.67. The van der Waals surface area contributed by atoms with Gasteiger partial charge in [0.05, 0.1) is 0 Å². The number of nitrogens with one attached hydrogen (secondary N) is 1. The SMILES string of the molecule is CSCCC(NC(=O)C(F)(F)C(F)F)C(=O)O. The number of carboxylic acid groups (broad SMARTS) is 1. The summed E-state index contributed by atoms with van der Waals surface area (Å²) in [6, 6.07) is -1.60. The van der Waals surface area contributed by atoms with Crippen LogP contribution >= 0.6 is 11.8 Å². The van der Waals surface area contributed by atoms with Crippen molar-refractivity contribution in [2.24, 2.45) is 0 Å². The summed E-state index contributed by atoms with van der Waals surface area (Å²) in [5.41, 5.74) is 0. The second-order valence-electron chi connectivity index (χ2n) is 3.07. The Kier molecular flexibility index (Phi) is 6.29. The van der Waals surface area contributed by atoms with E-state index in [4.69, 9.17) is 5.11 Å². The Morgan fingerprint density at radius 2 is 1.94 bits per heavy atom. The number of rotatable bonds is 7. The van der Waals surface area contributed by atoms with Gasteiger partial charge < -0.3 is 10.4 Å². The van der Waals surface area contributed by atoms with Gasteiger partial charge in [0.15, 0.2) is 0 Å². The fraction of sp³-hybridized carbons (Fsp3) is 0.750. The first-order valence-electron chi connectivity index (χ1n) is 4.42. The molecule has 4 nitrogen and oxygen atoms in total. The van der Waals surface area contributed by atoms with E-state index in [-0.39, 0.29) is 12.2 Å². The molecule has 0 saturated carbocycles. The van der Waals surface area contributed by atoms with Crippen molar-refractivity contribution in [1.29, 1.82) is 0 Å². The van der Waals surface area contributed by atoms with Crippen molar-refractivity contribution in [1.82, 2.24) is 5.32 Å². The molecule has 2 N–H and O–H groups in total. The zero-order chi connectivity index (χ0) is 13.6. The van der Waals surface area contributed by atoms with E-state index >= 15 is 0 Å². The third-order valence-electron chi connectivity index (χ3n) is 1.79. The van der Waals surface area contributed by atoms with E-state index in [0.29, 0.717) is 0 Å². The molecule has 0 aliphatic heterocycles. The average Bonchev–Trinajstić information content (AvgIpc) is 2.22. The molecule has 0 aliphatic carbocycles. The van der Waals surface area contributed by atoms with E-state index in [1.54, 1.807) is 6.26 Å². The quantitative estimate of drug-likeness (QED) is 0.686. The molecule has 0 radical (unpaired) electrons. The van der Waals surface area contributed by atoms with E-state index in [1.807, 2.05) is 0 Å². The molecular formula is C8H11F4NO3S. The van der Waals surface area contributed by atoms with E-state index in [0.717, 1.165) is 0 Å². The molecule has 17 heavy (non-hydrogen) atoms. The van der Waals surface area contributed by atoms with Gasteiger partial charge in [-0.05, 0) is 18.4 Å². The normalized spacial score (nSPS) is 13.5. The summed E-state index contributed by atoms with van der Waals surface area (Å²) < 4.78 is 48.7. The fourth-order valence-corrected chi connectivity index (χ4v) is 1.32. The van der Waals surface area contributed by atoms with Gasteiger partial charge in [-0.1, -0.05) is 0 Å². The van der Waals surface area contributed by atoms with Gasteiger partial charge in [0.25, 0.3) is 5.91 Å². The molecule has 0 heterocycles. The third-order valence-corrected chi connectivity index (χ3v) is 2.43. The molecule has 1 unspecified atom stereocenters. The van der Waals surface area contributed by atoms with Crippen molar-refractivity contribution in [2.75, 3.05) is 12.0 Å². The topological polar surface area (TPSA) is 66.4 Å². The Balaban J connectivity index is 4.55. The Morgan fingerprint density at radius 1 is 1.41 bits per heavy atom. The van der Waals surface area contributed by atoms with E-state index in [9.17, 15) is 27.2 Å². The zero-order valence-corrected chi connectivity index (χ0v) is 9.57. The summed E-state index contributed by atoms with van der Waals surface area (Å²) in [6.45, 7) is 0. The summed E-state index contributed by atoms with van der Waals surface area (Å²) in [5, 5.41) is 9.99. The summed E-state index contributed by atoms with van der Waals surface area (Å²) in [6.07, 6.45) is -2.65. The van der Waals surface area contributed by atoms with Crippen LogP contribution in [0.5, 0.6) is 0 Å². The lowest BCUT2D eigenvalue weighted by Gasteiger charge is -2.18. The summed E-state index contributed by atoms with van der Waals surface area (Å²) in [7, 11) is 0. The first kappa shape index (κ1) is 16.0. The van der Waals surface area contributed by atoms with Crippen LogP contribution < -0.4 is 5.32 Å². The Labute approximate surface area is 98.7 Å². The molecular weight excluding hydrogens is 266 g/mol. The lowest BCUT2D eigenvalue weighted by molar-refractivity contribution is -0.171. The van der Waals surface area contributed by atoms with Gasteiger partial charge in [-0.15, -0.1) is 0 Å². The van der Waals surface area contributed by atoms with E-state index < -0.39 is 30.3 Å². The van der Waals surface area contributed by atoms with Crippen LogP contribution in [0.15, 0.2) is 0 Å². The van der Waals surface area contributed by atoms with Crippen molar-refractivity contribution in [3.05, 3.63) is 0 Å². The second-order valence-corrected chi connectivity index (χ2v) is 4.06. The van der Waals surface area contributed by atoms with Crippen LogP contribution in [-0.2, 0) is 9.59 Å². The van der Waals surface area contributed by atoms with Gasteiger partial charge in [0, 0.05) is 0 Å². The lowest BCUT2D eigenvalue weighted by Crippen LogP contribution is -2.51. The molecule has 1 atom stereocenters. The third kappa shape index (κ3) is 4.80. The molecule has 0 aromatic heterocycles. The van der Waals surface area contributed by atoms with Crippen LogP contribution in [0.3, 0.4) is 0 Å². The molecule has 100 valence electrons. The number of amides is 1. The number of aliphatic carboxylic acids is 1. The van der Waals surface area contributed by atoms with Gasteiger partial charge in [-0.25, -0.2) is 13.6 Å². The van der Waals surface area contributed by atoms with Crippen LogP contribution in [0, 0.1) is 0 Å². The lowest BCUT2D eigenvalue weighted by atomic mass is 10.2. The number of carbonyl (C=O) groups excluding carboxylic acids is 1. The van der Waals surface area contributed by atoms with Crippen LogP contribution in [0.25, 0.3) is 0 Å². The minimum absolute atomic E-state index is 0.123. The molecule has 0 aromatic rings. The molecule has 0 bridgehead atoms. The number of hydrogen-bond acceptors (Lipinski definition) is 3. The Hall–Kier alpha value is -0.990. The van der Waals surface area contributed by atoms with Crippen molar-refractivity contribution in [3.63, 3.8) is 0 Å². The monoisotopic (exact) mass is 277 g/mol. The maximum Gasteiger partial charge on any atom is 0.383 e. The highest BCUT2D eigenvalue weighted by atomic mass is 32.2. The molecule has 1 amide bonds. The number of thioether (sulfide) groups is 1. The minimum atomic E-state index is -4.88. The van der Waals surface area contributed by atoms with Crippen LogP contribution in [0.1, 0.15) is 6.42 Å². The van der Waals surface area contributed by atoms with Crippen LogP contribution in [0.4, 0.5) is 17.6 Å². The van der Waals surface area contributed by atoms with Gasteiger partial charge in [-0.3, -0.25) is 4.79 Å². The molecule has 0 aromatic carbocycles. The number of alkyl halides is 4. The van der Waals surface area contributed by atoms with Gasteiger partial charge in [-0.2, -0.15) is 20.5 Å². The molecule has 0 fully saturated rings. The maximum absolute atomic E-state index is 12.5. The molecule has 0 aliphatic rings. The molecule has 9 heteroatoms. The fourth-order valence-electron chi connectivity index (χ4n) is 0.847. The standard InChI is InChI=1S/C8H11F4NO3S/c1-17-3-2-4(5(14)15)13-7(16)8(11,12)6(9)10/h4,6H,2-3H2,1H3,(H,13,16)(H,14,15). The highest BCUT2D eigenvalue weighted by molar-refractivity contribution is 7.98. The number of carboxylic acids is 1. The number of carbonyl (C=O) groups is 2. The van der Waals surface area contributed by atoms with Gasteiger partial charge >= 0.3 is 18.3 Å². The van der Waals surface area contributed by atoms with Crippen molar-refractivity contribution >= 4 is 23.6 Å². The zero-order valence-electron chi connectivity index (χ0n) is 8.75. The van der Waals surface area contributed by atoms with Crippen LogP contribution in [-0.4, -0.2) is 47.4 Å². The Morgan fingerprint density at radius 3 is 2.29 bits per heavy atom. The smallest absolute Gasteiger partial charge is 0.383 e. The predicted molar refractivity (Wildman–Crippen MR) is 53.5 cm³/mol. The largest absolute Gasteiger partial charge is 0.480 e. The average molecular weight is 277 g/mol. The summed E-state index contributed by atoms with van der Waals surface area (Å²) in [5.74, 6) is -8.41. The first-order chi connectivity index (χ1) is 7.73.